The van der Waals surface area contributed by atoms with Gasteiger partial charge in [0, 0.05) is 18.1 Å². The zero-order valence-corrected chi connectivity index (χ0v) is 11.0. The first kappa shape index (κ1) is 12.0. The van der Waals surface area contributed by atoms with Gasteiger partial charge >= 0.3 is 0 Å². The van der Waals surface area contributed by atoms with Crippen LogP contribution in [0.2, 0.25) is 0 Å². The van der Waals surface area contributed by atoms with Gasteiger partial charge in [-0.05, 0) is 38.9 Å². The predicted molar refractivity (Wildman–Crippen MR) is 68.8 cm³/mol. The maximum Gasteiger partial charge on any atom is 0.109 e. The molecule has 90 valence electrons. The summed E-state index contributed by atoms with van der Waals surface area (Å²) in [4.78, 5) is 6.97. The first-order valence-electron chi connectivity index (χ1n) is 6.15. The van der Waals surface area contributed by atoms with E-state index in [4.69, 9.17) is 0 Å². The molecule has 1 saturated heterocycles. The molecular formula is C12H21N3S. The second kappa shape index (κ2) is 5.75. The molecule has 1 N–H and O–H groups in total. The minimum Gasteiger partial charge on any atom is -0.317 e. The van der Waals surface area contributed by atoms with Crippen LogP contribution >= 0.6 is 11.3 Å². The molecule has 2 unspecified atom stereocenters. The molecule has 2 heterocycles. The molecular weight excluding hydrogens is 218 g/mol. The lowest BCUT2D eigenvalue weighted by molar-refractivity contribution is 0.251. The van der Waals surface area contributed by atoms with Crippen molar-refractivity contribution in [2.24, 2.45) is 5.92 Å². The van der Waals surface area contributed by atoms with Crippen LogP contribution in [-0.2, 0) is 0 Å². The number of nitrogens with one attached hydrogen (secondary N) is 1. The zero-order valence-electron chi connectivity index (χ0n) is 10.1. The topological polar surface area (TPSA) is 28.2 Å². The molecule has 1 fully saturated rings. The Balaban J connectivity index is 1.84. The average Bonchev–Trinajstić information content (AvgIpc) is 2.96. The first-order chi connectivity index (χ1) is 7.81. The molecule has 1 aliphatic rings. The molecule has 0 spiro atoms. The molecule has 0 bridgehead atoms. The van der Waals surface area contributed by atoms with Crippen LogP contribution in [0, 0.1) is 5.92 Å². The maximum atomic E-state index is 4.41. The number of aromatic nitrogens is 1. The molecule has 2 rings (SSSR count). The largest absolute Gasteiger partial charge is 0.317 e. The van der Waals surface area contributed by atoms with E-state index in [-0.39, 0.29) is 0 Å². The van der Waals surface area contributed by atoms with Crippen LogP contribution in [0.5, 0.6) is 0 Å². The summed E-state index contributed by atoms with van der Waals surface area (Å²) in [6.07, 6.45) is 3.23. The fourth-order valence-corrected chi connectivity index (χ4v) is 3.06. The summed E-state index contributed by atoms with van der Waals surface area (Å²) in [5.41, 5.74) is 0. The lowest BCUT2D eigenvalue weighted by Gasteiger charge is -2.22. The van der Waals surface area contributed by atoms with E-state index in [2.05, 4.69) is 34.4 Å². The Morgan fingerprint density at radius 3 is 3.25 bits per heavy atom. The molecule has 1 aromatic heterocycles. The third kappa shape index (κ3) is 2.81. The second-order valence-corrected chi connectivity index (χ2v) is 5.43. The van der Waals surface area contributed by atoms with Gasteiger partial charge < -0.3 is 5.32 Å². The van der Waals surface area contributed by atoms with Crippen LogP contribution in [0.25, 0.3) is 0 Å². The lowest BCUT2D eigenvalue weighted by atomic mass is 10.1. The summed E-state index contributed by atoms with van der Waals surface area (Å²) >= 11 is 1.77. The van der Waals surface area contributed by atoms with E-state index in [0.29, 0.717) is 6.04 Å². The van der Waals surface area contributed by atoms with Crippen LogP contribution in [0.15, 0.2) is 11.6 Å². The van der Waals surface area contributed by atoms with E-state index in [1.54, 1.807) is 11.3 Å². The number of hydrogen-bond donors (Lipinski definition) is 1. The van der Waals surface area contributed by atoms with Crippen molar-refractivity contribution in [3.05, 3.63) is 16.6 Å². The van der Waals surface area contributed by atoms with Crippen LogP contribution < -0.4 is 5.32 Å². The van der Waals surface area contributed by atoms with Crippen molar-refractivity contribution in [2.45, 2.75) is 26.3 Å². The molecule has 1 aliphatic heterocycles. The Bertz CT molecular complexity index is 299. The highest BCUT2D eigenvalue weighted by Gasteiger charge is 2.27. The average molecular weight is 239 g/mol. The summed E-state index contributed by atoms with van der Waals surface area (Å²) in [6.45, 7) is 9.13. The van der Waals surface area contributed by atoms with Crippen molar-refractivity contribution in [3.8, 4) is 0 Å². The molecule has 2 atom stereocenters. The first-order valence-corrected chi connectivity index (χ1v) is 7.03. The maximum absolute atomic E-state index is 4.41. The van der Waals surface area contributed by atoms with Crippen molar-refractivity contribution >= 4 is 11.3 Å². The molecule has 0 amide bonds. The molecule has 0 aliphatic carbocycles. The Hall–Kier alpha value is -0.450. The normalized spacial score (nSPS) is 23.8. The lowest BCUT2D eigenvalue weighted by Crippen LogP contribution is -2.28. The van der Waals surface area contributed by atoms with Crippen molar-refractivity contribution in [3.63, 3.8) is 0 Å². The molecule has 1 aromatic rings. The van der Waals surface area contributed by atoms with Crippen molar-refractivity contribution in [1.82, 2.24) is 15.2 Å². The van der Waals surface area contributed by atoms with Gasteiger partial charge in [0.15, 0.2) is 0 Å². The smallest absolute Gasteiger partial charge is 0.109 e. The number of rotatable bonds is 5. The third-order valence-corrected chi connectivity index (χ3v) is 4.30. The monoisotopic (exact) mass is 239 g/mol. The van der Waals surface area contributed by atoms with Crippen molar-refractivity contribution < 1.29 is 0 Å². The van der Waals surface area contributed by atoms with Crippen LogP contribution in [0.1, 0.15) is 31.3 Å². The fourth-order valence-electron chi connectivity index (χ4n) is 2.33. The van der Waals surface area contributed by atoms with Crippen molar-refractivity contribution in [2.75, 3.05) is 26.2 Å². The Morgan fingerprint density at radius 2 is 2.56 bits per heavy atom. The van der Waals surface area contributed by atoms with Crippen LogP contribution in [0.3, 0.4) is 0 Å². The summed E-state index contributed by atoms with van der Waals surface area (Å²) in [6, 6.07) is 0.492. The number of nitrogens with zero attached hydrogens (tertiary/aromatic N) is 2. The molecule has 0 radical (unpaired) electrons. The zero-order chi connectivity index (χ0) is 11.4. The number of thiazole rings is 1. The fraction of sp³-hybridized carbons (Fsp3) is 0.750. The Labute approximate surface area is 102 Å². The SMILES string of the molecule is CCNCC1CCN(C(C)c2nccs2)C1. The molecule has 16 heavy (non-hydrogen) atoms. The quantitative estimate of drug-likeness (QED) is 0.853. The third-order valence-electron chi connectivity index (χ3n) is 3.36. The molecule has 0 aromatic carbocycles. The van der Waals surface area contributed by atoms with Gasteiger partial charge in [0.25, 0.3) is 0 Å². The summed E-state index contributed by atoms with van der Waals surface area (Å²) < 4.78 is 0. The van der Waals surface area contributed by atoms with E-state index >= 15 is 0 Å². The van der Waals surface area contributed by atoms with Gasteiger partial charge in [0.2, 0.25) is 0 Å². The van der Waals surface area contributed by atoms with Gasteiger partial charge in [0.05, 0.1) is 6.04 Å². The van der Waals surface area contributed by atoms with E-state index < -0.39 is 0 Å². The predicted octanol–water partition coefficient (Wildman–Crippen LogP) is 2.14. The van der Waals surface area contributed by atoms with Gasteiger partial charge in [-0.25, -0.2) is 4.98 Å². The van der Waals surface area contributed by atoms with Gasteiger partial charge in [-0.2, -0.15) is 0 Å². The molecule has 0 saturated carbocycles. The molecule has 4 heteroatoms. The minimum atomic E-state index is 0.492. The van der Waals surface area contributed by atoms with E-state index in [9.17, 15) is 0 Å². The Kier molecular flexibility index (Phi) is 4.32. The highest BCUT2D eigenvalue weighted by atomic mass is 32.1. The highest BCUT2D eigenvalue weighted by molar-refractivity contribution is 7.09. The summed E-state index contributed by atoms with van der Waals surface area (Å²) in [7, 11) is 0. The highest BCUT2D eigenvalue weighted by Crippen LogP contribution is 2.27. The van der Waals surface area contributed by atoms with Crippen LogP contribution in [-0.4, -0.2) is 36.1 Å². The second-order valence-electron chi connectivity index (χ2n) is 4.50. The van der Waals surface area contributed by atoms with Gasteiger partial charge in [-0.15, -0.1) is 11.3 Å². The molecule has 3 nitrogen and oxygen atoms in total. The van der Waals surface area contributed by atoms with Gasteiger partial charge in [-0.1, -0.05) is 6.92 Å². The standard InChI is InChI=1S/C12H21N3S/c1-3-13-8-11-4-6-15(9-11)10(2)12-14-5-7-16-12/h5,7,10-11,13H,3-4,6,8-9H2,1-2H3. The van der Waals surface area contributed by atoms with Gasteiger partial charge in [-0.3, -0.25) is 4.90 Å². The van der Waals surface area contributed by atoms with Crippen molar-refractivity contribution in [1.29, 1.82) is 0 Å². The van der Waals surface area contributed by atoms with Gasteiger partial charge in [0.1, 0.15) is 5.01 Å². The summed E-state index contributed by atoms with van der Waals surface area (Å²) in [5, 5.41) is 6.77. The number of likely N-dealkylation sites (tertiary alicyclic amines) is 1. The van der Waals surface area contributed by atoms with E-state index in [1.165, 1.54) is 24.5 Å². The van der Waals surface area contributed by atoms with E-state index in [0.717, 1.165) is 19.0 Å². The number of hydrogen-bond acceptors (Lipinski definition) is 4. The van der Waals surface area contributed by atoms with E-state index in [1.807, 2.05) is 6.20 Å². The minimum absolute atomic E-state index is 0.492. The Morgan fingerprint density at radius 1 is 1.69 bits per heavy atom. The van der Waals surface area contributed by atoms with Crippen LogP contribution in [0.4, 0.5) is 0 Å². The summed E-state index contributed by atoms with van der Waals surface area (Å²) in [5.74, 6) is 0.822.